The van der Waals surface area contributed by atoms with Gasteiger partial charge in [0.25, 0.3) is 6.43 Å². The van der Waals surface area contributed by atoms with E-state index < -0.39 is 13.0 Å². The van der Waals surface area contributed by atoms with E-state index in [1.54, 1.807) is 17.0 Å². The van der Waals surface area contributed by atoms with Crippen LogP contribution in [-0.2, 0) is 11.8 Å². The summed E-state index contributed by atoms with van der Waals surface area (Å²) in [6, 6.07) is 0. The number of nitrogens with one attached hydrogen (secondary N) is 1. The number of hydrogen-bond donors (Lipinski definition) is 1. The normalized spacial score (nSPS) is 10.9. The van der Waals surface area contributed by atoms with E-state index in [1.165, 1.54) is 0 Å². The summed E-state index contributed by atoms with van der Waals surface area (Å²) >= 11 is 0. The van der Waals surface area contributed by atoms with Crippen molar-refractivity contribution in [3.05, 3.63) is 12.4 Å². The number of nitrogens with zero attached hydrogens (tertiary/aromatic N) is 2. The molecule has 0 bridgehead atoms. The summed E-state index contributed by atoms with van der Waals surface area (Å²) in [4.78, 5) is 4.00. The molecule has 4 nitrogen and oxygen atoms in total. The van der Waals surface area contributed by atoms with Crippen LogP contribution in [0.4, 0.5) is 14.7 Å². The molecule has 0 aliphatic heterocycles. The summed E-state index contributed by atoms with van der Waals surface area (Å²) in [7, 11) is 1.84. The molecule has 0 saturated heterocycles. The molecule has 1 rings (SSSR count). The molecule has 1 aromatic heterocycles. The molecule has 0 radical (unpaired) electrons. The lowest BCUT2D eigenvalue weighted by molar-refractivity contribution is 0.0214. The van der Waals surface area contributed by atoms with E-state index >= 15 is 0 Å². The van der Waals surface area contributed by atoms with E-state index in [9.17, 15) is 8.78 Å². The Labute approximate surface area is 80.9 Å². The molecule has 14 heavy (non-hydrogen) atoms. The van der Waals surface area contributed by atoms with Crippen LogP contribution < -0.4 is 5.32 Å². The second-order valence-electron chi connectivity index (χ2n) is 2.75. The highest BCUT2D eigenvalue weighted by Gasteiger charge is 2.01. The molecule has 0 atom stereocenters. The van der Waals surface area contributed by atoms with E-state index in [1.807, 2.05) is 7.05 Å². The molecule has 0 aliphatic rings. The number of halogens is 2. The summed E-state index contributed by atoms with van der Waals surface area (Å²) < 4.78 is 29.8. The first kappa shape index (κ1) is 10.9. The molecular weight excluding hydrogens is 192 g/mol. The van der Waals surface area contributed by atoms with Crippen LogP contribution in [0.5, 0.6) is 0 Å². The quantitative estimate of drug-likeness (QED) is 0.707. The maximum Gasteiger partial charge on any atom is 0.261 e. The van der Waals surface area contributed by atoms with Gasteiger partial charge >= 0.3 is 0 Å². The van der Waals surface area contributed by atoms with Gasteiger partial charge < -0.3 is 14.6 Å². The van der Waals surface area contributed by atoms with E-state index in [0.29, 0.717) is 12.5 Å². The number of alkyl halides is 2. The fourth-order valence-electron chi connectivity index (χ4n) is 0.943. The number of imidazole rings is 1. The highest BCUT2D eigenvalue weighted by Crippen LogP contribution is 1.99. The van der Waals surface area contributed by atoms with Crippen LogP contribution in [0.25, 0.3) is 0 Å². The summed E-state index contributed by atoms with van der Waals surface area (Å²) in [5.41, 5.74) is 0. The minimum atomic E-state index is -2.40. The van der Waals surface area contributed by atoms with Crippen molar-refractivity contribution < 1.29 is 13.5 Å². The van der Waals surface area contributed by atoms with Crippen LogP contribution in [0.2, 0.25) is 0 Å². The van der Waals surface area contributed by atoms with E-state index in [0.717, 1.165) is 0 Å². The molecular formula is C8H13F2N3O. The zero-order chi connectivity index (χ0) is 10.4. The summed E-state index contributed by atoms with van der Waals surface area (Å²) in [5.74, 6) is 0.700. The Morgan fingerprint density at radius 3 is 3.00 bits per heavy atom. The first-order valence-corrected chi connectivity index (χ1v) is 4.27. The van der Waals surface area contributed by atoms with Gasteiger partial charge in [0.1, 0.15) is 6.61 Å². The first-order chi connectivity index (χ1) is 6.70. The Balaban J connectivity index is 2.08. The van der Waals surface area contributed by atoms with Crippen LogP contribution in [0.15, 0.2) is 12.4 Å². The summed E-state index contributed by atoms with van der Waals surface area (Å²) in [5, 5.41) is 2.95. The van der Waals surface area contributed by atoms with Crippen molar-refractivity contribution in [2.75, 3.05) is 25.1 Å². The Morgan fingerprint density at radius 2 is 2.43 bits per heavy atom. The molecule has 1 aromatic rings. The van der Waals surface area contributed by atoms with Crippen molar-refractivity contribution in [3.8, 4) is 0 Å². The Morgan fingerprint density at radius 1 is 1.64 bits per heavy atom. The molecule has 0 aromatic carbocycles. The number of anilines is 1. The van der Waals surface area contributed by atoms with Gasteiger partial charge in [0.2, 0.25) is 5.95 Å². The van der Waals surface area contributed by atoms with Gasteiger partial charge in [-0.2, -0.15) is 0 Å². The Bertz CT molecular complexity index is 265. The van der Waals surface area contributed by atoms with Gasteiger partial charge in [-0.05, 0) is 0 Å². The third kappa shape index (κ3) is 3.69. The number of ether oxygens (including phenoxy) is 1. The molecule has 0 fully saturated rings. The molecule has 80 valence electrons. The van der Waals surface area contributed by atoms with Gasteiger partial charge in [0.05, 0.1) is 6.61 Å². The van der Waals surface area contributed by atoms with Crippen LogP contribution in [0.3, 0.4) is 0 Å². The van der Waals surface area contributed by atoms with Crippen molar-refractivity contribution in [1.29, 1.82) is 0 Å². The lowest BCUT2D eigenvalue weighted by Gasteiger charge is -2.06. The number of rotatable bonds is 6. The van der Waals surface area contributed by atoms with Gasteiger partial charge in [-0.1, -0.05) is 0 Å². The first-order valence-electron chi connectivity index (χ1n) is 4.27. The molecule has 0 spiro atoms. The van der Waals surface area contributed by atoms with E-state index in [4.69, 9.17) is 0 Å². The molecule has 0 aliphatic carbocycles. The Kier molecular flexibility index (Phi) is 4.31. The van der Waals surface area contributed by atoms with Crippen LogP contribution >= 0.6 is 0 Å². The molecule has 6 heteroatoms. The van der Waals surface area contributed by atoms with Gasteiger partial charge in [0, 0.05) is 26.0 Å². The summed E-state index contributed by atoms with van der Waals surface area (Å²) in [6.07, 6.45) is 1.05. The monoisotopic (exact) mass is 205 g/mol. The number of hydrogen-bond acceptors (Lipinski definition) is 3. The standard InChI is InChI=1S/C8H13F2N3O/c1-13-4-2-11-8(13)12-3-5-14-6-7(9)10/h2,4,7H,3,5-6H2,1H3,(H,11,12). The highest BCUT2D eigenvalue weighted by molar-refractivity contribution is 5.24. The Hall–Kier alpha value is -1.17. The number of aromatic nitrogens is 2. The van der Waals surface area contributed by atoms with Crippen molar-refractivity contribution in [1.82, 2.24) is 9.55 Å². The third-order valence-electron chi connectivity index (χ3n) is 1.59. The molecule has 0 amide bonds. The molecule has 0 saturated carbocycles. The van der Waals surface area contributed by atoms with Crippen LogP contribution in [0.1, 0.15) is 0 Å². The zero-order valence-corrected chi connectivity index (χ0v) is 7.91. The fraction of sp³-hybridized carbons (Fsp3) is 0.625. The van der Waals surface area contributed by atoms with Gasteiger partial charge in [-0.3, -0.25) is 0 Å². The zero-order valence-electron chi connectivity index (χ0n) is 7.91. The average Bonchev–Trinajstić information content (AvgIpc) is 2.51. The molecule has 1 heterocycles. The van der Waals surface area contributed by atoms with Gasteiger partial charge in [-0.15, -0.1) is 0 Å². The van der Waals surface area contributed by atoms with Crippen LogP contribution in [-0.4, -0.2) is 35.7 Å². The minimum absolute atomic E-state index is 0.247. The third-order valence-corrected chi connectivity index (χ3v) is 1.59. The predicted octanol–water partition coefficient (Wildman–Crippen LogP) is 1.11. The topological polar surface area (TPSA) is 39.1 Å². The van der Waals surface area contributed by atoms with Gasteiger partial charge in [0.15, 0.2) is 0 Å². The van der Waals surface area contributed by atoms with E-state index in [2.05, 4.69) is 15.0 Å². The maximum absolute atomic E-state index is 11.6. The smallest absolute Gasteiger partial charge is 0.261 e. The van der Waals surface area contributed by atoms with Crippen molar-refractivity contribution in [2.24, 2.45) is 7.05 Å². The van der Waals surface area contributed by atoms with Gasteiger partial charge in [-0.25, -0.2) is 13.8 Å². The maximum atomic E-state index is 11.6. The van der Waals surface area contributed by atoms with Crippen molar-refractivity contribution in [2.45, 2.75) is 6.43 Å². The summed E-state index contributed by atoms with van der Waals surface area (Å²) in [6.45, 7) is 0.205. The van der Waals surface area contributed by atoms with E-state index in [-0.39, 0.29) is 6.61 Å². The second kappa shape index (κ2) is 5.54. The fourth-order valence-corrected chi connectivity index (χ4v) is 0.943. The molecule has 0 unspecified atom stereocenters. The lowest BCUT2D eigenvalue weighted by atomic mass is 10.6. The van der Waals surface area contributed by atoms with Crippen molar-refractivity contribution in [3.63, 3.8) is 0 Å². The average molecular weight is 205 g/mol. The van der Waals surface area contributed by atoms with Crippen LogP contribution in [0, 0.1) is 0 Å². The largest absolute Gasteiger partial charge is 0.374 e. The molecule has 1 N–H and O–H groups in total. The minimum Gasteiger partial charge on any atom is -0.374 e. The number of aryl methyl sites for hydroxylation is 1. The second-order valence-corrected chi connectivity index (χ2v) is 2.75. The van der Waals surface area contributed by atoms with Crippen molar-refractivity contribution >= 4 is 5.95 Å². The highest BCUT2D eigenvalue weighted by atomic mass is 19.3. The SMILES string of the molecule is Cn1ccnc1NCCOCC(F)F. The lowest BCUT2D eigenvalue weighted by Crippen LogP contribution is -2.14. The predicted molar refractivity (Wildman–Crippen MR) is 48.5 cm³/mol.